The van der Waals surface area contributed by atoms with Gasteiger partial charge in [0.25, 0.3) is 0 Å². The first kappa shape index (κ1) is 48.1. The second-order valence-corrected chi connectivity index (χ2v) is 21.3. The molecule has 15 heteroatoms. The number of fused-ring (bicyclic) bond motifs is 3. The number of phenolic OH excluding ortho intramolecular Hbond substituents is 1. The maximum Gasteiger partial charge on any atom is 0.243 e. The molecule has 68 heavy (non-hydrogen) atoms. The Morgan fingerprint density at radius 3 is 2.34 bits per heavy atom. The van der Waals surface area contributed by atoms with Gasteiger partial charge < -0.3 is 40.3 Å². The summed E-state index contributed by atoms with van der Waals surface area (Å²) in [5.74, 6) is 2.86. The van der Waals surface area contributed by atoms with Crippen LogP contribution < -0.4 is 10.6 Å². The molecule has 1 saturated carbocycles. The zero-order valence-corrected chi connectivity index (χ0v) is 40.4. The Labute approximate surface area is 401 Å². The smallest absolute Gasteiger partial charge is 0.243 e. The average Bonchev–Trinajstić information content (AvgIpc) is 3.93. The highest BCUT2D eigenvalue weighted by molar-refractivity contribution is 5.91. The van der Waals surface area contributed by atoms with Gasteiger partial charge in [-0.05, 0) is 111 Å². The van der Waals surface area contributed by atoms with Crippen LogP contribution in [-0.4, -0.2) is 162 Å². The van der Waals surface area contributed by atoms with Crippen LogP contribution in [0.15, 0.2) is 54.6 Å². The number of β-amino-alcohol motifs (C(OH)–C–C–N with tert-alkyl or cyclic N) is 1. The number of benzene rings is 2. The number of phenols is 1. The van der Waals surface area contributed by atoms with E-state index in [1.54, 1.807) is 6.07 Å². The molecule has 5 atom stereocenters. The van der Waals surface area contributed by atoms with Crippen molar-refractivity contribution in [1.29, 1.82) is 0 Å². The number of para-hydroxylation sites is 1. The van der Waals surface area contributed by atoms with Gasteiger partial charge in [0.05, 0.1) is 17.8 Å². The van der Waals surface area contributed by atoms with E-state index in [4.69, 9.17) is 6.42 Å². The predicted octanol–water partition coefficient (Wildman–Crippen LogP) is 4.43. The van der Waals surface area contributed by atoms with Gasteiger partial charge in [-0.25, -0.2) is 0 Å². The first-order valence-electron chi connectivity index (χ1n) is 25.1. The molecule has 4 aliphatic heterocycles. The number of piperazine rings is 1. The average molecular weight is 929 g/mol. The lowest BCUT2D eigenvalue weighted by Crippen LogP contribution is -2.63. The quantitative estimate of drug-likeness (QED) is 0.0873. The third-order valence-electron chi connectivity index (χ3n) is 15.8. The fourth-order valence-corrected chi connectivity index (χ4v) is 11.9. The van der Waals surface area contributed by atoms with Crippen molar-refractivity contribution in [1.82, 2.24) is 50.3 Å². The van der Waals surface area contributed by atoms with Gasteiger partial charge in [0.15, 0.2) is 12.0 Å². The van der Waals surface area contributed by atoms with Gasteiger partial charge in [-0.1, -0.05) is 51.0 Å². The van der Waals surface area contributed by atoms with Gasteiger partial charge in [0.1, 0.15) is 11.8 Å². The van der Waals surface area contributed by atoms with Crippen LogP contribution in [0.4, 0.5) is 0 Å². The Morgan fingerprint density at radius 2 is 1.65 bits per heavy atom. The summed E-state index contributed by atoms with van der Waals surface area (Å²) < 4.78 is 0. The van der Waals surface area contributed by atoms with Gasteiger partial charge >= 0.3 is 0 Å². The summed E-state index contributed by atoms with van der Waals surface area (Å²) in [7, 11) is 0. The zero-order chi connectivity index (χ0) is 47.7. The Kier molecular flexibility index (Phi) is 14.6. The third-order valence-corrected chi connectivity index (χ3v) is 15.8. The third kappa shape index (κ3) is 10.5. The Bertz CT molecular complexity index is 2420. The van der Waals surface area contributed by atoms with E-state index < -0.39 is 30.0 Å². The minimum absolute atomic E-state index is 0.0612. The molecule has 9 rings (SSSR count). The number of nitrogens with one attached hydrogen (secondary N) is 3. The molecule has 364 valence electrons. The molecule has 4 aromatic rings. The van der Waals surface area contributed by atoms with Crippen molar-refractivity contribution in [3.63, 3.8) is 0 Å². The molecule has 4 fully saturated rings. The largest absolute Gasteiger partial charge is 0.507 e. The monoisotopic (exact) mass is 929 g/mol. The lowest BCUT2D eigenvalue weighted by molar-refractivity contribution is -0.145. The van der Waals surface area contributed by atoms with E-state index in [1.807, 2.05) is 68.1 Å². The minimum Gasteiger partial charge on any atom is -0.507 e. The highest BCUT2D eigenvalue weighted by Gasteiger charge is 2.45. The highest BCUT2D eigenvalue weighted by Crippen LogP contribution is 2.40. The van der Waals surface area contributed by atoms with Crippen LogP contribution in [0.5, 0.6) is 5.75 Å². The number of aliphatic hydroxyl groups excluding tert-OH is 2. The van der Waals surface area contributed by atoms with E-state index in [-0.39, 0.29) is 43.1 Å². The van der Waals surface area contributed by atoms with E-state index in [1.165, 1.54) is 54.7 Å². The van der Waals surface area contributed by atoms with Crippen molar-refractivity contribution in [3.05, 3.63) is 77.0 Å². The van der Waals surface area contributed by atoms with Gasteiger partial charge in [-0.15, -0.1) is 16.6 Å². The number of piperidine rings is 1. The summed E-state index contributed by atoms with van der Waals surface area (Å²) in [6.07, 6.45) is 12.1. The van der Waals surface area contributed by atoms with E-state index >= 15 is 0 Å². The number of terminal acetylenes is 1. The van der Waals surface area contributed by atoms with Crippen LogP contribution in [0, 0.1) is 23.7 Å². The molecule has 15 nitrogen and oxygen atoms in total. The van der Waals surface area contributed by atoms with Crippen molar-refractivity contribution in [3.8, 4) is 29.4 Å². The first-order chi connectivity index (χ1) is 32.7. The number of aromatic hydroxyl groups is 1. The number of aromatic nitrogens is 3. The van der Waals surface area contributed by atoms with Crippen molar-refractivity contribution in [2.45, 2.75) is 128 Å². The maximum absolute atomic E-state index is 14.2. The fraction of sp³-hybridized carbons (Fsp3) is 0.585. The molecule has 0 bridgehead atoms. The summed E-state index contributed by atoms with van der Waals surface area (Å²) in [6.45, 7) is 16.0. The Balaban J connectivity index is 0.711. The van der Waals surface area contributed by atoms with E-state index in [2.05, 4.69) is 59.4 Å². The summed E-state index contributed by atoms with van der Waals surface area (Å²) in [5.41, 5.74) is 5.87. The second-order valence-electron chi connectivity index (χ2n) is 21.3. The van der Waals surface area contributed by atoms with E-state index in [9.17, 15) is 24.9 Å². The molecular formula is C53H72N10O5. The minimum atomic E-state index is -1.03. The lowest BCUT2D eigenvalue weighted by atomic mass is 9.83. The van der Waals surface area contributed by atoms with Gasteiger partial charge in [-0.3, -0.25) is 24.7 Å². The van der Waals surface area contributed by atoms with Crippen molar-refractivity contribution in [2.75, 3.05) is 58.9 Å². The zero-order valence-electron chi connectivity index (χ0n) is 40.4. The number of likely N-dealkylation sites (tertiary alicyclic amines) is 2. The summed E-state index contributed by atoms with van der Waals surface area (Å²) >= 11 is 0. The number of hydrogen-bond donors (Lipinski definition) is 6. The summed E-state index contributed by atoms with van der Waals surface area (Å²) in [5, 5.41) is 49.0. The van der Waals surface area contributed by atoms with Gasteiger partial charge in [-0.2, -0.15) is 0 Å². The summed E-state index contributed by atoms with van der Waals surface area (Å²) in [6, 6.07) is 16.7. The number of carbonyl (C=O) groups is 2. The lowest BCUT2D eigenvalue weighted by Gasteiger charge is -2.46. The number of amides is 2. The second kappa shape index (κ2) is 20.6. The highest BCUT2D eigenvalue weighted by atomic mass is 16.3. The Hall–Kier alpha value is -4.92. The molecule has 3 saturated heterocycles. The molecule has 5 aliphatic rings. The molecule has 0 spiro atoms. The molecule has 1 aliphatic carbocycles. The topological polar surface area (TPSA) is 177 Å². The first-order valence-corrected chi connectivity index (χ1v) is 25.1. The molecule has 6 heterocycles. The standard InChI is InChI=1S/C53H72N10O5/c1-6-35-11-13-36(14-12-35)31-54-50(66)45-29-40(64)33-63(45)51(67)48(53(3,4)5)56-52(68)61-27-25-59(26-28-61)32-37-15-17-38(18-16-37)60-22-19-39(20-23-60)62-24-21-43-47(34(62)2)42-30-44(57-58-49(42)55-43)41-9-7-8-10-46(41)65/h1,7-14,30,34,37-40,45,48,52,56,64-65,68H,15-29,31-33H2,2-5H3,(H,54,66)(H,55,58)/t34-,37?,38?,40-,45+,48-,52?/m1/s1. The molecule has 2 aromatic carbocycles. The van der Waals surface area contributed by atoms with Crippen molar-refractivity contribution >= 4 is 22.8 Å². The number of nitrogens with zero attached hydrogens (tertiary/aromatic N) is 7. The van der Waals surface area contributed by atoms with Crippen LogP contribution in [-0.2, 0) is 22.6 Å². The van der Waals surface area contributed by atoms with Gasteiger partial charge in [0, 0.05) is 106 Å². The number of carbonyl (C=O) groups excluding carboxylic acids is 2. The SMILES string of the molecule is C#Cc1ccc(CNC(=O)[C@@H]2C[C@@H](O)CN2C(=O)[C@@H](NC(O)N2CCN(CC3CCC(N4CCC(N5CCc6[nH]c7nnc(-c8ccccc8O)cc7c6[C@H]5C)CC4)CC3)CC2)C(C)(C)C)cc1. The van der Waals surface area contributed by atoms with E-state index in [0.717, 1.165) is 67.8 Å². The molecule has 0 radical (unpaired) electrons. The summed E-state index contributed by atoms with van der Waals surface area (Å²) in [4.78, 5) is 42.7. The molecule has 2 amide bonds. The Morgan fingerprint density at radius 1 is 0.926 bits per heavy atom. The number of rotatable bonds is 12. The predicted molar refractivity (Wildman–Crippen MR) is 263 cm³/mol. The molecule has 6 N–H and O–H groups in total. The number of H-pyrrole nitrogens is 1. The molecule has 2 aromatic heterocycles. The van der Waals surface area contributed by atoms with Crippen molar-refractivity contribution < 1.29 is 24.9 Å². The van der Waals surface area contributed by atoms with Crippen LogP contribution in [0.3, 0.4) is 0 Å². The molecule has 1 unspecified atom stereocenters. The number of aliphatic hydroxyl groups is 2. The van der Waals surface area contributed by atoms with Crippen LogP contribution in [0.25, 0.3) is 22.3 Å². The fourth-order valence-electron chi connectivity index (χ4n) is 11.9. The van der Waals surface area contributed by atoms with Crippen LogP contribution >= 0.6 is 0 Å². The van der Waals surface area contributed by atoms with Crippen molar-refractivity contribution in [2.24, 2.45) is 11.3 Å². The number of aromatic amines is 1. The number of hydrogen-bond acceptors (Lipinski definition) is 12. The molecular weight excluding hydrogens is 857 g/mol. The van der Waals surface area contributed by atoms with Crippen LogP contribution in [0.2, 0.25) is 0 Å². The van der Waals surface area contributed by atoms with Gasteiger partial charge in [0.2, 0.25) is 11.8 Å². The normalized spacial score (nSPS) is 25.8. The van der Waals surface area contributed by atoms with Crippen LogP contribution in [0.1, 0.15) is 101 Å². The van der Waals surface area contributed by atoms with E-state index in [0.29, 0.717) is 42.3 Å². The maximum atomic E-state index is 14.2.